The Morgan fingerprint density at radius 3 is 2.68 bits per heavy atom. The number of hydrogen-bond acceptors (Lipinski definition) is 4. The summed E-state index contributed by atoms with van der Waals surface area (Å²) in [6, 6.07) is 11.3. The largest absolute Gasteiger partial charge is 0.354 e. The second-order valence-electron chi connectivity index (χ2n) is 5.87. The maximum Gasteiger partial charge on any atom is 0.224 e. The first-order valence-corrected chi connectivity index (χ1v) is 8.16. The third-order valence-electron chi connectivity index (χ3n) is 4.26. The second kappa shape index (κ2) is 6.34. The molecule has 0 amide bonds. The molecule has 3 rings (SSSR count). The molecule has 1 atom stereocenters. The minimum Gasteiger partial charge on any atom is -0.354 e. The van der Waals surface area contributed by atoms with Crippen molar-refractivity contribution in [3.63, 3.8) is 0 Å². The number of aryl methyl sites for hydroxylation is 1. The number of aromatic nitrogens is 2. The average molecular weight is 296 g/mol. The van der Waals surface area contributed by atoms with Gasteiger partial charge in [-0.1, -0.05) is 31.2 Å². The van der Waals surface area contributed by atoms with Gasteiger partial charge in [0.25, 0.3) is 0 Å². The Morgan fingerprint density at radius 1 is 1.18 bits per heavy atom. The predicted molar refractivity (Wildman–Crippen MR) is 91.4 cm³/mol. The summed E-state index contributed by atoms with van der Waals surface area (Å²) in [4.78, 5) is 11.7. The smallest absolute Gasteiger partial charge is 0.224 e. The van der Waals surface area contributed by atoms with Crippen LogP contribution in [0, 0.1) is 0 Å². The molecule has 4 heteroatoms. The molecular weight excluding hydrogens is 272 g/mol. The highest BCUT2D eigenvalue weighted by atomic mass is 15.2. The molecule has 0 spiro atoms. The molecular formula is C18H24N4. The third kappa shape index (κ3) is 2.91. The van der Waals surface area contributed by atoms with Crippen LogP contribution in [0.3, 0.4) is 0 Å². The van der Waals surface area contributed by atoms with Crippen LogP contribution in [0.5, 0.6) is 0 Å². The number of hydrogen-bond donors (Lipinski definition) is 1. The van der Waals surface area contributed by atoms with Crippen molar-refractivity contribution in [1.82, 2.24) is 9.97 Å². The van der Waals surface area contributed by atoms with E-state index in [1.54, 1.807) is 0 Å². The summed E-state index contributed by atoms with van der Waals surface area (Å²) in [7, 11) is 0. The molecule has 0 fully saturated rings. The van der Waals surface area contributed by atoms with Crippen molar-refractivity contribution in [2.75, 3.05) is 16.8 Å². The fourth-order valence-electron chi connectivity index (χ4n) is 3.03. The topological polar surface area (TPSA) is 41.1 Å². The van der Waals surface area contributed by atoms with E-state index in [9.17, 15) is 0 Å². The summed E-state index contributed by atoms with van der Waals surface area (Å²) in [5, 5.41) is 3.25. The van der Waals surface area contributed by atoms with Gasteiger partial charge in [0.15, 0.2) is 0 Å². The molecule has 0 unspecified atom stereocenters. The van der Waals surface area contributed by atoms with E-state index in [4.69, 9.17) is 4.98 Å². The summed E-state index contributed by atoms with van der Waals surface area (Å²) >= 11 is 0. The molecule has 1 aliphatic heterocycles. The molecule has 1 aliphatic rings. The maximum atomic E-state index is 4.72. The van der Waals surface area contributed by atoms with E-state index in [1.165, 1.54) is 11.1 Å². The van der Waals surface area contributed by atoms with E-state index in [0.29, 0.717) is 6.04 Å². The van der Waals surface area contributed by atoms with Crippen LogP contribution in [0.25, 0.3) is 0 Å². The van der Waals surface area contributed by atoms with Crippen molar-refractivity contribution < 1.29 is 0 Å². The van der Waals surface area contributed by atoms with Gasteiger partial charge in [-0.15, -0.1) is 0 Å². The van der Waals surface area contributed by atoms with E-state index >= 15 is 0 Å². The van der Waals surface area contributed by atoms with Gasteiger partial charge in [0.1, 0.15) is 5.82 Å². The van der Waals surface area contributed by atoms with E-state index in [0.717, 1.165) is 43.4 Å². The van der Waals surface area contributed by atoms with Crippen molar-refractivity contribution in [2.24, 2.45) is 0 Å². The molecule has 0 bridgehead atoms. The summed E-state index contributed by atoms with van der Waals surface area (Å²) in [6.45, 7) is 8.24. The lowest BCUT2D eigenvalue weighted by Crippen LogP contribution is -2.39. The SMILES string of the molecule is CCNc1nc(CC)cc(N2Cc3ccccc3C[C@@H]2C)n1. The predicted octanol–water partition coefficient (Wildman–Crippen LogP) is 3.42. The van der Waals surface area contributed by atoms with Crippen molar-refractivity contribution in [3.8, 4) is 0 Å². The van der Waals surface area contributed by atoms with Gasteiger partial charge < -0.3 is 10.2 Å². The van der Waals surface area contributed by atoms with Gasteiger partial charge in [0, 0.05) is 30.9 Å². The zero-order valence-corrected chi connectivity index (χ0v) is 13.6. The molecule has 0 saturated heterocycles. The molecule has 22 heavy (non-hydrogen) atoms. The van der Waals surface area contributed by atoms with Crippen LogP contribution in [-0.4, -0.2) is 22.6 Å². The van der Waals surface area contributed by atoms with Crippen LogP contribution in [0.2, 0.25) is 0 Å². The summed E-state index contributed by atoms with van der Waals surface area (Å²) in [5.41, 5.74) is 3.96. The van der Waals surface area contributed by atoms with E-state index in [-0.39, 0.29) is 0 Å². The monoisotopic (exact) mass is 296 g/mol. The first kappa shape index (κ1) is 14.8. The zero-order valence-electron chi connectivity index (χ0n) is 13.6. The lowest BCUT2D eigenvalue weighted by Gasteiger charge is -2.36. The Labute approximate surface area is 132 Å². The Hall–Kier alpha value is -2.10. The highest BCUT2D eigenvalue weighted by molar-refractivity contribution is 5.49. The van der Waals surface area contributed by atoms with Gasteiger partial charge in [-0.25, -0.2) is 4.98 Å². The Morgan fingerprint density at radius 2 is 1.95 bits per heavy atom. The van der Waals surface area contributed by atoms with Gasteiger partial charge in [-0.05, 0) is 37.8 Å². The van der Waals surface area contributed by atoms with Crippen molar-refractivity contribution in [3.05, 3.63) is 47.2 Å². The van der Waals surface area contributed by atoms with Gasteiger partial charge in [-0.3, -0.25) is 0 Å². The number of anilines is 2. The Bertz CT molecular complexity index is 653. The number of nitrogens with one attached hydrogen (secondary N) is 1. The van der Waals surface area contributed by atoms with Crippen LogP contribution >= 0.6 is 0 Å². The summed E-state index contributed by atoms with van der Waals surface area (Å²) in [6.07, 6.45) is 1.99. The third-order valence-corrected chi connectivity index (χ3v) is 4.26. The van der Waals surface area contributed by atoms with Crippen LogP contribution in [0.1, 0.15) is 37.6 Å². The molecule has 2 heterocycles. The van der Waals surface area contributed by atoms with Crippen LogP contribution in [-0.2, 0) is 19.4 Å². The molecule has 4 nitrogen and oxygen atoms in total. The molecule has 116 valence electrons. The normalized spacial score (nSPS) is 17.2. The molecule has 1 aromatic carbocycles. The highest BCUT2D eigenvalue weighted by Gasteiger charge is 2.24. The standard InChI is InChI=1S/C18H24N4/c1-4-16-11-17(21-18(20-16)19-5-2)22-12-15-9-7-6-8-14(15)10-13(22)3/h6-9,11,13H,4-5,10,12H2,1-3H3,(H,19,20,21)/t13-/m0/s1. The maximum absolute atomic E-state index is 4.72. The van der Waals surface area contributed by atoms with E-state index in [1.807, 2.05) is 0 Å². The minimum absolute atomic E-state index is 0.448. The van der Waals surface area contributed by atoms with Crippen molar-refractivity contribution in [2.45, 2.75) is 46.2 Å². The quantitative estimate of drug-likeness (QED) is 0.938. The second-order valence-corrected chi connectivity index (χ2v) is 5.87. The molecule has 1 aromatic heterocycles. The lowest BCUT2D eigenvalue weighted by atomic mass is 9.95. The lowest BCUT2D eigenvalue weighted by molar-refractivity contribution is 0.586. The van der Waals surface area contributed by atoms with E-state index in [2.05, 4.69) is 66.3 Å². The molecule has 0 saturated carbocycles. The first-order chi connectivity index (χ1) is 10.7. The van der Waals surface area contributed by atoms with Crippen molar-refractivity contribution in [1.29, 1.82) is 0 Å². The highest BCUT2D eigenvalue weighted by Crippen LogP contribution is 2.28. The number of rotatable bonds is 4. The van der Waals surface area contributed by atoms with Crippen LogP contribution in [0.15, 0.2) is 30.3 Å². The number of fused-ring (bicyclic) bond motifs is 1. The van der Waals surface area contributed by atoms with Gasteiger partial charge >= 0.3 is 0 Å². The fraction of sp³-hybridized carbons (Fsp3) is 0.444. The van der Waals surface area contributed by atoms with Gasteiger partial charge in [-0.2, -0.15) is 4.98 Å². The molecule has 0 aliphatic carbocycles. The van der Waals surface area contributed by atoms with Crippen LogP contribution < -0.4 is 10.2 Å². The first-order valence-electron chi connectivity index (χ1n) is 8.16. The van der Waals surface area contributed by atoms with E-state index < -0.39 is 0 Å². The van der Waals surface area contributed by atoms with Crippen LogP contribution in [0.4, 0.5) is 11.8 Å². The summed E-state index contributed by atoms with van der Waals surface area (Å²) in [5.74, 6) is 1.77. The molecule has 2 aromatic rings. The Kier molecular flexibility index (Phi) is 4.27. The van der Waals surface area contributed by atoms with Gasteiger partial charge in [0.05, 0.1) is 0 Å². The average Bonchev–Trinajstić information content (AvgIpc) is 2.54. The van der Waals surface area contributed by atoms with Crippen molar-refractivity contribution >= 4 is 11.8 Å². The molecule has 1 N–H and O–H groups in total. The number of nitrogens with zero attached hydrogens (tertiary/aromatic N) is 3. The Balaban J connectivity index is 1.95. The molecule has 0 radical (unpaired) electrons. The fourth-order valence-corrected chi connectivity index (χ4v) is 3.03. The number of benzene rings is 1. The summed E-state index contributed by atoms with van der Waals surface area (Å²) < 4.78 is 0. The van der Waals surface area contributed by atoms with Gasteiger partial charge in [0.2, 0.25) is 5.95 Å². The zero-order chi connectivity index (χ0) is 15.5. The minimum atomic E-state index is 0.448.